The zero-order valence-electron chi connectivity index (χ0n) is 8.80. The van der Waals surface area contributed by atoms with Gasteiger partial charge in [0.2, 0.25) is 0 Å². The van der Waals surface area contributed by atoms with Gasteiger partial charge in [-0.25, -0.2) is 5.43 Å². The summed E-state index contributed by atoms with van der Waals surface area (Å²) in [7, 11) is 0. The van der Waals surface area contributed by atoms with Crippen molar-refractivity contribution in [1.29, 1.82) is 0 Å². The number of ether oxygens (including phenoxy) is 1. The van der Waals surface area contributed by atoms with Crippen LogP contribution in [-0.2, 0) is 9.53 Å². The highest BCUT2D eigenvalue weighted by molar-refractivity contribution is 5.84. The summed E-state index contributed by atoms with van der Waals surface area (Å²) in [5.74, 6) is -0.183. The summed E-state index contributed by atoms with van der Waals surface area (Å²) in [4.78, 5) is 15.4. The van der Waals surface area contributed by atoms with E-state index in [2.05, 4.69) is 15.5 Å². The highest BCUT2D eigenvalue weighted by Crippen LogP contribution is 2.11. The summed E-state index contributed by atoms with van der Waals surface area (Å²) in [5.41, 5.74) is 3.29. The Bertz CT molecular complexity index is 372. The number of pyridine rings is 1. The first-order valence-corrected chi connectivity index (χ1v) is 5.21. The Balaban J connectivity index is 1.82. The molecule has 1 atom stereocenters. The van der Waals surface area contributed by atoms with Gasteiger partial charge in [-0.05, 0) is 18.9 Å². The second-order valence-corrected chi connectivity index (χ2v) is 3.52. The first kappa shape index (κ1) is 10.8. The summed E-state index contributed by atoms with van der Waals surface area (Å²) in [6.45, 7) is 0.657. The van der Waals surface area contributed by atoms with Crippen LogP contribution in [0.3, 0.4) is 0 Å². The molecule has 1 aliphatic rings. The number of rotatable bonds is 3. The van der Waals surface area contributed by atoms with Crippen molar-refractivity contribution in [1.82, 2.24) is 10.4 Å². The molecular weight excluding hydrogens is 206 g/mol. The van der Waals surface area contributed by atoms with Gasteiger partial charge < -0.3 is 4.74 Å². The number of hydrogen-bond acceptors (Lipinski definition) is 4. The van der Waals surface area contributed by atoms with Crippen LogP contribution in [0.5, 0.6) is 0 Å². The van der Waals surface area contributed by atoms with E-state index >= 15 is 0 Å². The molecule has 1 N–H and O–H groups in total. The largest absolute Gasteiger partial charge is 0.368 e. The fraction of sp³-hybridized carbons (Fsp3) is 0.364. The van der Waals surface area contributed by atoms with E-state index in [1.54, 1.807) is 18.6 Å². The van der Waals surface area contributed by atoms with Gasteiger partial charge in [-0.1, -0.05) is 6.07 Å². The number of nitrogens with zero attached hydrogens (tertiary/aromatic N) is 2. The third-order valence-electron chi connectivity index (χ3n) is 2.29. The zero-order valence-corrected chi connectivity index (χ0v) is 8.80. The molecule has 5 nitrogen and oxygen atoms in total. The average molecular weight is 219 g/mol. The topological polar surface area (TPSA) is 63.6 Å². The van der Waals surface area contributed by atoms with Crippen LogP contribution in [0.4, 0.5) is 0 Å². The van der Waals surface area contributed by atoms with E-state index in [9.17, 15) is 4.79 Å². The molecule has 0 bridgehead atoms. The van der Waals surface area contributed by atoms with Gasteiger partial charge in [0.05, 0.1) is 6.21 Å². The summed E-state index contributed by atoms with van der Waals surface area (Å²) in [6.07, 6.45) is 6.27. The van der Waals surface area contributed by atoms with E-state index in [0.717, 1.165) is 18.4 Å². The second-order valence-electron chi connectivity index (χ2n) is 3.52. The molecule has 0 aliphatic carbocycles. The minimum Gasteiger partial charge on any atom is -0.368 e. The van der Waals surface area contributed by atoms with E-state index in [1.807, 2.05) is 12.1 Å². The summed E-state index contributed by atoms with van der Waals surface area (Å²) >= 11 is 0. The Morgan fingerprint density at radius 3 is 3.31 bits per heavy atom. The first-order valence-electron chi connectivity index (χ1n) is 5.21. The van der Waals surface area contributed by atoms with Crippen LogP contribution in [0.15, 0.2) is 29.6 Å². The van der Waals surface area contributed by atoms with Crippen LogP contribution in [-0.4, -0.2) is 29.8 Å². The van der Waals surface area contributed by atoms with Crippen LogP contribution in [0.25, 0.3) is 0 Å². The Labute approximate surface area is 93.5 Å². The Kier molecular flexibility index (Phi) is 3.61. The molecule has 1 saturated heterocycles. The van der Waals surface area contributed by atoms with Crippen LogP contribution in [0.2, 0.25) is 0 Å². The predicted molar refractivity (Wildman–Crippen MR) is 58.9 cm³/mol. The molecule has 16 heavy (non-hydrogen) atoms. The van der Waals surface area contributed by atoms with E-state index in [0.29, 0.717) is 6.61 Å². The lowest BCUT2D eigenvalue weighted by atomic mass is 10.2. The quantitative estimate of drug-likeness (QED) is 0.601. The highest BCUT2D eigenvalue weighted by atomic mass is 16.5. The maximum absolute atomic E-state index is 11.5. The number of carbonyl (C=O) groups excluding carboxylic acids is 1. The SMILES string of the molecule is O=C(NN=Cc1cccnc1)C1CCCO1. The summed E-state index contributed by atoms with van der Waals surface area (Å²) in [6, 6.07) is 3.66. The smallest absolute Gasteiger partial charge is 0.269 e. The Morgan fingerprint density at radius 1 is 1.69 bits per heavy atom. The molecule has 1 fully saturated rings. The van der Waals surface area contributed by atoms with Gasteiger partial charge in [0.1, 0.15) is 6.10 Å². The van der Waals surface area contributed by atoms with Gasteiger partial charge in [0.25, 0.3) is 5.91 Å². The van der Waals surface area contributed by atoms with Crippen molar-refractivity contribution in [3.8, 4) is 0 Å². The van der Waals surface area contributed by atoms with E-state index in [1.165, 1.54) is 0 Å². The number of hydrogen-bond donors (Lipinski definition) is 1. The number of carbonyl (C=O) groups is 1. The van der Waals surface area contributed by atoms with E-state index in [-0.39, 0.29) is 12.0 Å². The molecule has 84 valence electrons. The highest BCUT2D eigenvalue weighted by Gasteiger charge is 2.22. The standard InChI is InChI=1S/C11H13N3O2/c15-11(10-4-2-6-16-10)14-13-8-9-3-1-5-12-7-9/h1,3,5,7-8,10H,2,4,6H2,(H,14,15). The third kappa shape index (κ3) is 2.87. The monoisotopic (exact) mass is 219 g/mol. The molecule has 1 aliphatic heterocycles. The van der Waals surface area contributed by atoms with Crippen LogP contribution < -0.4 is 5.43 Å². The van der Waals surface area contributed by atoms with Gasteiger partial charge in [-0.3, -0.25) is 9.78 Å². The number of nitrogens with one attached hydrogen (secondary N) is 1. The fourth-order valence-corrected chi connectivity index (χ4v) is 1.48. The maximum atomic E-state index is 11.5. The number of amides is 1. The lowest BCUT2D eigenvalue weighted by Crippen LogP contribution is -2.30. The third-order valence-corrected chi connectivity index (χ3v) is 2.29. The van der Waals surface area contributed by atoms with Crippen LogP contribution >= 0.6 is 0 Å². The second kappa shape index (κ2) is 5.37. The molecule has 5 heteroatoms. The minimum atomic E-state index is -0.342. The van der Waals surface area contributed by atoms with Gasteiger partial charge in [0.15, 0.2) is 0 Å². The molecule has 1 aromatic heterocycles. The minimum absolute atomic E-state index is 0.183. The molecule has 1 aromatic rings. The molecule has 0 aromatic carbocycles. The van der Waals surface area contributed by atoms with Gasteiger partial charge in [0, 0.05) is 24.6 Å². The van der Waals surface area contributed by atoms with Crippen molar-refractivity contribution in [2.75, 3.05) is 6.61 Å². The zero-order chi connectivity index (χ0) is 11.2. The van der Waals surface area contributed by atoms with Crippen molar-refractivity contribution in [2.45, 2.75) is 18.9 Å². The number of aromatic nitrogens is 1. The molecule has 1 unspecified atom stereocenters. The van der Waals surface area contributed by atoms with Gasteiger partial charge in [-0.15, -0.1) is 0 Å². The number of hydrazone groups is 1. The molecule has 2 heterocycles. The average Bonchev–Trinajstić information content (AvgIpc) is 2.84. The van der Waals surface area contributed by atoms with Gasteiger partial charge >= 0.3 is 0 Å². The molecule has 0 radical (unpaired) electrons. The van der Waals surface area contributed by atoms with Crippen LogP contribution in [0, 0.1) is 0 Å². The van der Waals surface area contributed by atoms with Crippen molar-refractivity contribution in [3.63, 3.8) is 0 Å². The van der Waals surface area contributed by atoms with E-state index < -0.39 is 0 Å². The summed E-state index contributed by atoms with van der Waals surface area (Å²) in [5, 5.41) is 3.84. The Morgan fingerprint density at radius 2 is 2.62 bits per heavy atom. The Hall–Kier alpha value is -1.75. The molecule has 1 amide bonds. The van der Waals surface area contributed by atoms with Gasteiger partial charge in [-0.2, -0.15) is 5.10 Å². The predicted octanol–water partition coefficient (Wildman–Crippen LogP) is 0.711. The van der Waals surface area contributed by atoms with E-state index in [4.69, 9.17) is 4.74 Å². The first-order chi connectivity index (χ1) is 7.86. The fourth-order valence-electron chi connectivity index (χ4n) is 1.48. The molecule has 2 rings (SSSR count). The van der Waals surface area contributed by atoms with Crippen molar-refractivity contribution in [3.05, 3.63) is 30.1 Å². The lowest BCUT2D eigenvalue weighted by molar-refractivity contribution is -0.130. The van der Waals surface area contributed by atoms with Crippen LogP contribution in [0.1, 0.15) is 18.4 Å². The van der Waals surface area contributed by atoms with Crippen molar-refractivity contribution in [2.24, 2.45) is 5.10 Å². The molecule has 0 saturated carbocycles. The molecular formula is C11H13N3O2. The van der Waals surface area contributed by atoms with Crippen molar-refractivity contribution >= 4 is 12.1 Å². The molecule has 0 spiro atoms. The lowest BCUT2D eigenvalue weighted by Gasteiger charge is -2.05. The van der Waals surface area contributed by atoms with Crippen molar-refractivity contribution < 1.29 is 9.53 Å². The normalized spacial score (nSPS) is 20.1. The summed E-state index contributed by atoms with van der Waals surface area (Å²) < 4.78 is 5.22. The maximum Gasteiger partial charge on any atom is 0.269 e.